The number of amides is 1. The van der Waals surface area contributed by atoms with Crippen LogP contribution in [0, 0.1) is 0 Å². The summed E-state index contributed by atoms with van der Waals surface area (Å²) in [6.45, 7) is 0. The van der Waals surface area contributed by atoms with E-state index in [1.807, 2.05) is 36.4 Å². The topological polar surface area (TPSA) is 70.1 Å². The highest BCUT2D eigenvalue weighted by atomic mass is 16.2. The smallest absolute Gasteiger partial charge is 0.281 e. The van der Waals surface area contributed by atoms with Crippen molar-refractivity contribution in [1.82, 2.24) is 15.6 Å². The quantitative estimate of drug-likeness (QED) is 0.555. The number of H-pyrrole nitrogens is 1. The van der Waals surface area contributed by atoms with E-state index < -0.39 is 0 Å². The van der Waals surface area contributed by atoms with E-state index in [-0.39, 0.29) is 5.91 Å². The predicted molar refractivity (Wildman–Crippen MR) is 95.6 cm³/mol. The number of nitrogens with zero attached hydrogens (tertiary/aromatic N) is 2. The predicted octanol–water partition coefficient (Wildman–Crippen LogP) is 3.06. The Labute approximate surface area is 144 Å². The Balaban J connectivity index is 1.51. The van der Waals surface area contributed by atoms with Gasteiger partial charge in [0.15, 0.2) is 5.69 Å². The number of hydrogen-bond donors (Lipinski definition) is 2. The standard InChI is InChI=1S/C20H16N4O/c25-20(19-16-10-5-11-17(16)21-23-19)24-22-18-14-8-3-1-6-12(14)13-7-2-4-9-15(13)18/h1-4,6-9H,5,10-11H2,(H,21,23)(H,24,25). The van der Waals surface area contributed by atoms with Gasteiger partial charge in [0, 0.05) is 22.4 Å². The molecule has 0 spiro atoms. The molecule has 5 rings (SSSR count). The van der Waals surface area contributed by atoms with Gasteiger partial charge >= 0.3 is 0 Å². The number of benzene rings is 2. The molecule has 0 saturated carbocycles. The van der Waals surface area contributed by atoms with Crippen molar-refractivity contribution in [3.63, 3.8) is 0 Å². The van der Waals surface area contributed by atoms with Crippen LogP contribution in [-0.4, -0.2) is 21.8 Å². The average molecular weight is 328 g/mol. The molecule has 0 saturated heterocycles. The van der Waals surface area contributed by atoms with E-state index in [0.29, 0.717) is 5.69 Å². The SMILES string of the molecule is O=C(NN=C1c2ccccc2-c2ccccc21)c1n[nH]c2c1CCC2. The van der Waals surface area contributed by atoms with Gasteiger partial charge in [-0.2, -0.15) is 10.2 Å². The molecule has 1 heterocycles. The first-order valence-electron chi connectivity index (χ1n) is 8.46. The maximum absolute atomic E-state index is 12.5. The summed E-state index contributed by atoms with van der Waals surface area (Å²) in [5.41, 5.74) is 10.4. The van der Waals surface area contributed by atoms with E-state index >= 15 is 0 Å². The minimum atomic E-state index is -0.256. The number of hydrogen-bond acceptors (Lipinski definition) is 3. The Morgan fingerprint density at radius 1 is 0.960 bits per heavy atom. The number of aromatic nitrogens is 2. The fourth-order valence-electron chi connectivity index (χ4n) is 3.78. The van der Waals surface area contributed by atoms with E-state index in [1.54, 1.807) is 0 Å². The third-order valence-electron chi connectivity index (χ3n) is 4.95. The number of rotatable bonds is 2. The number of aryl methyl sites for hydroxylation is 1. The minimum Gasteiger partial charge on any atom is -0.281 e. The lowest BCUT2D eigenvalue weighted by atomic mass is 10.1. The van der Waals surface area contributed by atoms with Crippen molar-refractivity contribution in [3.8, 4) is 11.1 Å². The molecule has 2 aromatic carbocycles. The van der Waals surface area contributed by atoms with Crippen LogP contribution in [0.5, 0.6) is 0 Å². The van der Waals surface area contributed by atoms with Crippen LogP contribution in [0.2, 0.25) is 0 Å². The molecule has 0 radical (unpaired) electrons. The Kier molecular flexibility index (Phi) is 3.06. The van der Waals surface area contributed by atoms with E-state index in [1.165, 1.54) is 0 Å². The molecule has 2 aliphatic rings. The molecule has 122 valence electrons. The fourth-order valence-corrected chi connectivity index (χ4v) is 3.78. The highest BCUT2D eigenvalue weighted by Gasteiger charge is 2.26. The molecule has 0 aliphatic heterocycles. The number of carbonyl (C=O) groups is 1. The third kappa shape index (κ3) is 2.12. The Bertz CT molecular complexity index is 984. The molecular formula is C20H16N4O. The number of aromatic amines is 1. The van der Waals surface area contributed by atoms with Crippen molar-refractivity contribution >= 4 is 11.6 Å². The largest absolute Gasteiger partial charge is 0.292 e. The van der Waals surface area contributed by atoms with Crippen LogP contribution < -0.4 is 5.43 Å². The summed E-state index contributed by atoms with van der Waals surface area (Å²) in [5.74, 6) is -0.256. The van der Waals surface area contributed by atoms with Crippen molar-refractivity contribution in [2.45, 2.75) is 19.3 Å². The maximum Gasteiger partial charge on any atom is 0.292 e. The first kappa shape index (κ1) is 14.2. The lowest BCUT2D eigenvalue weighted by Gasteiger charge is -2.03. The van der Waals surface area contributed by atoms with Crippen LogP contribution in [0.4, 0.5) is 0 Å². The molecule has 2 aliphatic carbocycles. The van der Waals surface area contributed by atoms with E-state index in [9.17, 15) is 4.79 Å². The number of carbonyl (C=O) groups excluding carboxylic acids is 1. The molecule has 0 bridgehead atoms. The van der Waals surface area contributed by atoms with Crippen molar-refractivity contribution < 1.29 is 4.79 Å². The van der Waals surface area contributed by atoms with Gasteiger partial charge in [0.1, 0.15) is 0 Å². The molecule has 2 N–H and O–H groups in total. The Morgan fingerprint density at radius 2 is 1.60 bits per heavy atom. The van der Waals surface area contributed by atoms with Gasteiger partial charge in [0.05, 0.1) is 5.71 Å². The number of nitrogens with one attached hydrogen (secondary N) is 2. The first-order valence-corrected chi connectivity index (χ1v) is 8.46. The van der Waals surface area contributed by atoms with Gasteiger partial charge < -0.3 is 0 Å². The summed E-state index contributed by atoms with van der Waals surface area (Å²) in [6, 6.07) is 16.2. The van der Waals surface area contributed by atoms with Crippen LogP contribution in [0.3, 0.4) is 0 Å². The zero-order valence-electron chi connectivity index (χ0n) is 13.5. The van der Waals surface area contributed by atoms with Crippen LogP contribution in [0.25, 0.3) is 11.1 Å². The summed E-state index contributed by atoms with van der Waals surface area (Å²) >= 11 is 0. The van der Waals surface area contributed by atoms with Gasteiger partial charge in [-0.05, 0) is 30.4 Å². The fraction of sp³-hybridized carbons (Fsp3) is 0.150. The van der Waals surface area contributed by atoms with Gasteiger partial charge in [0.25, 0.3) is 5.91 Å². The van der Waals surface area contributed by atoms with E-state index in [4.69, 9.17) is 0 Å². The molecule has 25 heavy (non-hydrogen) atoms. The molecular weight excluding hydrogens is 312 g/mol. The summed E-state index contributed by atoms with van der Waals surface area (Å²) in [5, 5.41) is 11.6. The second kappa shape index (κ2) is 5.41. The van der Waals surface area contributed by atoms with Gasteiger partial charge in [-0.1, -0.05) is 48.5 Å². The lowest BCUT2D eigenvalue weighted by Crippen LogP contribution is -2.21. The van der Waals surface area contributed by atoms with Crippen molar-refractivity contribution in [3.05, 3.63) is 76.6 Å². The van der Waals surface area contributed by atoms with Crippen molar-refractivity contribution in [2.24, 2.45) is 5.10 Å². The molecule has 1 amide bonds. The summed E-state index contributed by atoms with van der Waals surface area (Å²) in [7, 11) is 0. The molecule has 5 nitrogen and oxygen atoms in total. The normalized spacial score (nSPS) is 14.0. The highest BCUT2D eigenvalue weighted by Crippen LogP contribution is 2.36. The second-order valence-electron chi connectivity index (χ2n) is 6.38. The number of hydrazone groups is 1. The van der Waals surface area contributed by atoms with E-state index in [2.05, 4.69) is 32.9 Å². The summed E-state index contributed by atoms with van der Waals surface area (Å²) in [6.07, 6.45) is 2.93. The van der Waals surface area contributed by atoms with Gasteiger partial charge in [0.2, 0.25) is 0 Å². The molecule has 1 aromatic heterocycles. The monoisotopic (exact) mass is 328 g/mol. The summed E-state index contributed by atoms with van der Waals surface area (Å²) in [4.78, 5) is 12.5. The van der Waals surface area contributed by atoms with Gasteiger partial charge in [-0.25, -0.2) is 5.43 Å². The first-order chi connectivity index (χ1) is 12.3. The van der Waals surface area contributed by atoms with Crippen LogP contribution >= 0.6 is 0 Å². The second-order valence-corrected chi connectivity index (χ2v) is 6.38. The Morgan fingerprint density at radius 3 is 2.28 bits per heavy atom. The van der Waals surface area contributed by atoms with Crippen molar-refractivity contribution in [2.75, 3.05) is 0 Å². The molecule has 5 heteroatoms. The highest BCUT2D eigenvalue weighted by molar-refractivity contribution is 6.24. The average Bonchev–Trinajstić information content (AvgIpc) is 3.33. The molecule has 0 atom stereocenters. The van der Waals surface area contributed by atoms with Crippen LogP contribution in [0.15, 0.2) is 53.6 Å². The molecule has 3 aromatic rings. The summed E-state index contributed by atoms with van der Waals surface area (Å²) < 4.78 is 0. The third-order valence-corrected chi connectivity index (χ3v) is 4.95. The number of fused-ring (bicyclic) bond motifs is 4. The Hall–Kier alpha value is -3.21. The van der Waals surface area contributed by atoms with Crippen LogP contribution in [-0.2, 0) is 12.8 Å². The molecule has 0 fully saturated rings. The zero-order valence-corrected chi connectivity index (χ0v) is 13.5. The minimum absolute atomic E-state index is 0.256. The van der Waals surface area contributed by atoms with Gasteiger partial charge in [-0.15, -0.1) is 0 Å². The van der Waals surface area contributed by atoms with E-state index in [0.717, 1.165) is 58.5 Å². The zero-order chi connectivity index (χ0) is 16.8. The lowest BCUT2D eigenvalue weighted by molar-refractivity contribution is 0.0949. The van der Waals surface area contributed by atoms with Crippen LogP contribution in [0.1, 0.15) is 39.3 Å². The molecule has 0 unspecified atom stereocenters. The maximum atomic E-state index is 12.5. The van der Waals surface area contributed by atoms with Gasteiger partial charge in [-0.3, -0.25) is 9.89 Å². The van der Waals surface area contributed by atoms with Crippen molar-refractivity contribution in [1.29, 1.82) is 0 Å².